The van der Waals surface area contributed by atoms with Crippen LogP contribution in [0.15, 0.2) is 29.2 Å². The van der Waals surface area contributed by atoms with Gasteiger partial charge in [0.1, 0.15) is 6.10 Å². The standard InChI is InChI=1S/C19H24F3N3O5S/c1-13(23-31(28,29)16-7-3-2-5-14(16)19(20,21)22)17(26)24-8-10-25(11-9-24)18(27)15-6-4-12-30-15/h2-3,5,7,13,15,23H,4,6,8-12H2,1H3/t13-,15?/m0/s1. The van der Waals surface area contributed by atoms with Gasteiger partial charge in [-0.25, -0.2) is 8.42 Å². The van der Waals surface area contributed by atoms with Gasteiger partial charge in [-0.05, 0) is 31.9 Å². The van der Waals surface area contributed by atoms with Crippen molar-refractivity contribution in [1.82, 2.24) is 14.5 Å². The van der Waals surface area contributed by atoms with Crippen molar-refractivity contribution in [2.24, 2.45) is 0 Å². The number of ether oxygens (including phenoxy) is 1. The maximum atomic E-state index is 13.2. The smallest absolute Gasteiger partial charge is 0.368 e. The summed E-state index contributed by atoms with van der Waals surface area (Å²) in [5, 5.41) is 0. The Morgan fingerprint density at radius 3 is 2.32 bits per heavy atom. The first-order valence-corrected chi connectivity index (χ1v) is 11.4. The molecule has 0 saturated carbocycles. The summed E-state index contributed by atoms with van der Waals surface area (Å²) < 4.78 is 72.0. The van der Waals surface area contributed by atoms with Crippen LogP contribution >= 0.6 is 0 Å². The summed E-state index contributed by atoms with van der Waals surface area (Å²) in [7, 11) is -4.59. The topological polar surface area (TPSA) is 96.0 Å². The minimum Gasteiger partial charge on any atom is -0.368 e. The Kier molecular flexibility index (Phi) is 6.92. The lowest BCUT2D eigenvalue weighted by molar-refractivity contribution is -0.146. The number of hydrogen-bond acceptors (Lipinski definition) is 5. The Balaban J connectivity index is 1.62. The third kappa shape index (κ3) is 5.36. The fourth-order valence-electron chi connectivity index (χ4n) is 3.68. The lowest BCUT2D eigenvalue weighted by Gasteiger charge is -2.36. The number of carbonyl (C=O) groups excluding carboxylic acids is 2. The molecule has 1 aromatic carbocycles. The summed E-state index contributed by atoms with van der Waals surface area (Å²) in [4.78, 5) is 27.1. The zero-order valence-electron chi connectivity index (χ0n) is 16.9. The van der Waals surface area contributed by atoms with Gasteiger partial charge in [0.05, 0.1) is 16.5 Å². The highest BCUT2D eigenvalue weighted by Gasteiger charge is 2.38. The molecule has 0 aromatic heterocycles. The van der Waals surface area contributed by atoms with Gasteiger partial charge in [0, 0.05) is 32.8 Å². The van der Waals surface area contributed by atoms with Gasteiger partial charge in [-0.15, -0.1) is 0 Å². The minimum atomic E-state index is -4.86. The second-order valence-electron chi connectivity index (χ2n) is 7.49. The summed E-state index contributed by atoms with van der Waals surface area (Å²) in [6, 6.07) is 2.52. The summed E-state index contributed by atoms with van der Waals surface area (Å²) in [6.45, 7) is 2.77. The van der Waals surface area contributed by atoms with E-state index in [0.717, 1.165) is 18.6 Å². The number of carbonyl (C=O) groups is 2. The largest absolute Gasteiger partial charge is 0.417 e. The number of sulfonamides is 1. The highest BCUT2D eigenvalue weighted by molar-refractivity contribution is 7.89. The number of halogens is 3. The molecule has 1 N–H and O–H groups in total. The van der Waals surface area contributed by atoms with Crippen LogP contribution in [-0.2, 0) is 30.5 Å². The van der Waals surface area contributed by atoms with Crippen molar-refractivity contribution in [3.63, 3.8) is 0 Å². The van der Waals surface area contributed by atoms with Gasteiger partial charge in [-0.1, -0.05) is 12.1 Å². The lowest BCUT2D eigenvalue weighted by Crippen LogP contribution is -2.56. The molecule has 0 radical (unpaired) electrons. The molecule has 8 nitrogen and oxygen atoms in total. The Morgan fingerprint density at radius 2 is 1.74 bits per heavy atom. The molecule has 2 atom stereocenters. The van der Waals surface area contributed by atoms with Gasteiger partial charge in [0.2, 0.25) is 15.9 Å². The first kappa shape index (κ1) is 23.5. The van der Waals surface area contributed by atoms with Crippen LogP contribution in [0.4, 0.5) is 13.2 Å². The molecule has 2 aliphatic heterocycles. The average molecular weight is 463 g/mol. The SMILES string of the molecule is C[C@H](NS(=O)(=O)c1ccccc1C(F)(F)F)C(=O)N1CCN(C(=O)C2CCCO2)CC1. The van der Waals surface area contributed by atoms with E-state index in [4.69, 9.17) is 4.74 Å². The summed E-state index contributed by atoms with van der Waals surface area (Å²) in [6.07, 6.45) is -3.83. The molecule has 2 saturated heterocycles. The summed E-state index contributed by atoms with van der Waals surface area (Å²) in [5.41, 5.74) is -1.30. The van der Waals surface area contributed by atoms with Crippen LogP contribution < -0.4 is 4.72 Å². The normalized spacial score (nSPS) is 21.2. The number of nitrogens with zero attached hydrogens (tertiary/aromatic N) is 2. The number of benzene rings is 1. The number of alkyl halides is 3. The molecule has 2 aliphatic rings. The van der Waals surface area contributed by atoms with Crippen molar-refractivity contribution >= 4 is 21.8 Å². The van der Waals surface area contributed by atoms with E-state index < -0.39 is 44.7 Å². The Labute approximate surface area is 178 Å². The van der Waals surface area contributed by atoms with E-state index in [2.05, 4.69) is 0 Å². The predicted octanol–water partition coefficient (Wildman–Crippen LogP) is 1.22. The van der Waals surface area contributed by atoms with E-state index in [1.165, 1.54) is 17.9 Å². The fourth-order valence-corrected chi connectivity index (χ4v) is 5.10. The van der Waals surface area contributed by atoms with Gasteiger partial charge in [-0.2, -0.15) is 17.9 Å². The fraction of sp³-hybridized carbons (Fsp3) is 0.579. The first-order chi connectivity index (χ1) is 14.5. The third-order valence-electron chi connectivity index (χ3n) is 5.29. The molecule has 3 rings (SSSR count). The minimum absolute atomic E-state index is 0.123. The molecule has 0 aliphatic carbocycles. The van der Waals surface area contributed by atoms with Crippen molar-refractivity contribution in [3.8, 4) is 0 Å². The predicted molar refractivity (Wildman–Crippen MR) is 103 cm³/mol. The van der Waals surface area contributed by atoms with Gasteiger partial charge in [-0.3, -0.25) is 9.59 Å². The number of piperazine rings is 1. The van der Waals surface area contributed by atoms with E-state index in [-0.39, 0.29) is 32.1 Å². The molecular formula is C19H24F3N3O5S. The quantitative estimate of drug-likeness (QED) is 0.709. The van der Waals surface area contributed by atoms with Crippen LogP contribution in [0, 0.1) is 0 Å². The van der Waals surface area contributed by atoms with Crippen LogP contribution in [0.3, 0.4) is 0 Å². The van der Waals surface area contributed by atoms with Crippen molar-refractivity contribution in [2.75, 3.05) is 32.8 Å². The molecule has 1 unspecified atom stereocenters. The second-order valence-corrected chi connectivity index (χ2v) is 9.17. The zero-order chi connectivity index (χ0) is 22.8. The van der Waals surface area contributed by atoms with Gasteiger partial charge < -0.3 is 14.5 Å². The number of nitrogens with one attached hydrogen (secondary N) is 1. The number of hydrogen-bond donors (Lipinski definition) is 1. The Bertz CT molecular complexity index is 924. The highest BCUT2D eigenvalue weighted by atomic mass is 32.2. The van der Waals surface area contributed by atoms with Crippen LogP contribution in [0.2, 0.25) is 0 Å². The van der Waals surface area contributed by atoms with Crippen LogP contribution in [0.5, 0.6) is 0 Å². The Hall–Kier alpha value is -2.18. The Morgan fingerprint density at radius 1 is 1.13 bits per heavy atom. The maximum Gasteiger partial charge on any atom is 0.417 e. The van der Waals surface area contributed by atoms with Gasteiger partial charge >= 0.3 is 6.18 Å². The molecule has 172 valence electrons. The van der Waals surface area contributed by atoms with Crippen LogP contribution in [-0.4, -0.2) is 75.0 Å². The first-order valence-electron chi connectivity index (χ1n) is 9.88. The second kappa shape index (κ2) is 9.13. The average Bonchev–Trinajstić information content (AvgIpc) is 3.27. The molecule has 31 heavy (non-hydrogen) atoms. The monoisotopic (exact) mass is 463 g/mol. The molecule has 0 bridgehead atoms. The zero-order valence-corrected chi connectivity index (χ0v) is 17.7. The molecule has 12 heteroatoms. The summed E-state index contributed by atoms with van der Waals surface area (Å²) >= 11 is 0. The number of rotatable bonds is 5. The van der Waals surface area contributed by atoms with Crippen molar-refractivity contribution in [1.29, 1.82) is 0 Å². The maximum absolute atomic E-state index is 13.2. The molecule has 2 amide bonds. The molecular weight excluding hydrogens is 439 g/mol. The van der Waals surface area contributed by atoms with Crippen molar-refractivity contribution < 1.29 is 35.9 Å². The van der Waals surface area contributed by atoms with Crippen molar-refractivity contribution in [2.45, 2.75) is 43.0 Å². The van der Waals surface area contributed by atoms with E-state index in [1.807, 2.05) is 4.72 Å². The van der Waals surface area contributed by atoms with E-state index in [1.54, 1.807) is 4.90 Å². The molecule has 1 aromatic rings. The summed E-state index contributed by atoms with van der Waals surface area (Å²) in [5.74, 6) is -0.695. The molecule has 2 fully saturated rings. The molecule has 2 heterocycles. The third-order valence-corrected chi connectivity index (χ3v) is 6.89. The lowest BCUT2D eigenvalue weighted by atomic mass is 10.2. The van der Waals surface area contributed by atoms with E-state index in [0.29, 0.717) is 19.1 Å². The van der Waals surface area contributed by atoms with Crippen LogP contribution in [0.1, 0.15) is 25.3 Å². The molecule has 0 spiro atoms. The van der Waals surface area contributed by atoms with Gasteiger partial charge in [0.25, 0.3) is 5.91 Å². The van der Waals surface area contributed by atoms with Crippen molar-refractivity contribution in [3.05, 3.63) is 29.8 Å². The number of amides is 2. The van der Waals surface area contributed by atoms with Gasteiger partial charge in [0.15, 0.2) is 0 Å². The van der Waals surface area contributed by atoms with E-state index in [9.17, 15) is 31.2 Å². The highest BCUT2D eigenvalue weighted by Crippen LogP contribution is 2.34. The van der Waals surface area contributed by atoms with Crippen LogP contribution in [0.25, 0.3) is 0 Å². The van der Waals surface area contributed by atoms with E-state index >= 15 is 0 Å².